The highest BCUT2D eigenvalue weighted by molar-refractivity contribution is 7.92. The van der Waals surface area contributed by atoms with Crippen molar-refractivity contribution in [3.8, 4) is 0 Å². The molecule has 0 saturated heterocycles. The molecule has 0 spiro atoms. The first-order valence-electron chi connectivity index (χ1n) is 7.21. The van der Waals surface area contributed by atoms with E-state index in [1.54, 1.807) is 25.3 Å². The van der Waals surface area contributed by atoms with E-state index in [9.17, 15) is 8.42 Å². The van der Waals surface area contributed by atoms with Gasteiger partial charge in [-0.05, 0) is 56.9 Å². The zero-order chi connectivity index (χ0) is 15.9. The first-order valence-corrected chi connectivity index (χ1v) is 9.07. The average Bonchev–Trinajstić information content (AvgIpc) is 2.66. The van der Waals surface area contributed by atoms with Crippen molar-refractivity contribution < 1.29 is 8.42 Å². The number of sulfonamides is 1. The van der Waals surface area contributed by atoms with Crippen molar-refractivity contribution in [1.29, 1.82) is 0 Å². The van der Waals surface area contributed by atoms with Crippen molar-refractivity contribution in [2.45, 2.75) is 44.0 Å². The van der Waals surface area contributed by atoms with Crippen LogP contribution in [0.25, 0.3) is 0 Å². The lowest BCUT2D eigenvalue weighted by Gasteiger charge is -2.25. The fourth-order valence-corrected chi connectivity index (χ4v) is 4.09. The molecule has 0 radical (unpaired) electrons. The Hall–Kier alpha value is -1.53. The number of benzene rings is 1. The van der Waals surface area contributed by atoms with Crippen molar-refractivity contribution in [2.24, 2.45) is 0 Å². The van der Waals surface area contributed by atoms with Gasteiger partial charge < -0.3 is 0 Å². The highest BCUT2D eigenvalue weighted by Gasteiger charge is 2.23. The molecule has 0 amide bonds. The van der Waals surface area contributed by atoms with Crippen LogP contribution in [0, 0.1) is 13.8 Å². The van der Waals surface area contributed by atoms with Crippen LogP contribution >= 0.6 is 11.6 Å². The summed E-state index contributed by atoms with van der Waals surface area (Å²) < 4.78 is 29.6. The van der Waals surface area contributed by atoms with Crippen LogP contribution in [0.1, 0.15) is 36.6 Å². The maximum atomic E-state index is 12.6. The Morgan fingerprint density at radius 3 is 2.64 bits per heavy atom. The van der Waals surface area contributed by atoms with E-state index < -0.39 is 10.0 Å². The van der Waals surface area contributed by atoms with E-state index in [0.717, 1.165) is 12.8 Å². The first kappa shape index (κ1) is 15.4. The summed E-state index contributed by atoms with van der Waals surface area (Å²) in [7, 11) is -3.65. The SMILES string of the molecule is Cc1cc(Cl)ccc1S(=O)(=O)Nc1cn(C2CCC2)nc1C. The fourth-order valence-electron chi connectivity index (χ4n) is 2.53. The molecule has 1 fully saturated rings. The zero-order valence-corrected chi connectivity index (χ0v) is 14.1. The minimum atomic E-state index is -3.65. The minimum absolute atomic E-state index is 0.229. The predicted octanol–water partition coefficient (Wildman–Crippen LogP) is 3.68. The number of nitrogens with zero attached hydrogens (tertiary/aromatic N) is 2. The smallest absolute Gasteiger partial charge is 0.262 e. The van der Waals surface area contributed by atoms with Gasteiger partial charge in [-0.25, -0.2) is 8.42 Å². The van der Waals surface area contributed by atoms with E-state index in [0.29, 0.717) is 28.0 Å². The maximum Gasteiger partial charge on any atom is 0.262 e. The molecule has 3 rings (SSSR count). The Morgan fingerprint density at radius 2 is 2.05 bits per heavy atom. The zero-order valence-electron chi connectivity index (χ0n) is 12.5. The van der Waals surface area contributed by atoms with E-state index in [1.165, 1.54) is 12.5 Å². The van der Waals surface area contributed by atoms with Crippen LogP contribution in [0.3, 0.4) is 0 Å². The lowest BCUT2D eigenvalue weighted by atomic mass is 9.93. The van der Waals surface area contributed by atoms with E-state index in [4.69, 9.17) is 11.6 Å². The lowest BCUT2D eigenvalue weighted by Crippen LogP contribution is -2.17. The second kappa shape index (κ2) is 5.59. The predicted molar refractivity (Wildman–Crippen MR) is 86.8 cm³/mol. The van der Waals surface area contributed by atoms with Gasteiger partial charge in [0.15, 0.2) is 0 Å². The van der Waals surface area contributed by atoms with E-state index in [2.05, 4.69) is 9.82 Å². The third-order valence-corrected chi connectivity index (χ3v) is 5.80. The van der Waals surface area contributed by atoms with Crippen molar-refractivity contribution in [1.82, 2.24) is 9.78 Å². The third kappa shape index (κ3) is 2.85. The summed E-state index contributed by atoms with van der Waals surface area (Å²) in [6, 6.07) is 5.13. The number of hydrogen-bond acceptors (Lipinski definition) is 3. The topological polar surface area (TPSA) is 64.0 Å². The maximum absolute atomic E-state index is 12.6. The Morgan fingerprint density at radius 1 is 1.32 bits per heavy atom. The van der Waals surface area contributed by atoms with Gasteiger partial charge in [-0.2, -0.15) is 5.10 Å². The summed E-state index contributed by atoms with van der Waals surface area (Å²) in [4.78, 5) is 0.229. The first-order chi connectivity index (χ1) is 10.4. The number of aromatic nitrogens is 2. The summed E-state index contributed by atoms with van der Waals surface area (Å²) >= 11 is 5.88. The number of anilines is 1. The number of aryl methyl sites for hydroxylation is 2. The minimum Gasteiger partial charge on any atom is -0.276 e. The molecule has 1 aromatic heterocycles. The van der Waals surface area contributed by atoms with Gasteiger partial charge in [0.25, 0.3) is 10.0 Å². The molecule has 0 bridgehead atoms. The molecular formula is C15H18ClN3O2S. The lowest BCUT2D eigenvalue weighted by molar-refractivity contribution is 0.288. The van der Waals surface area contributed by atoms with Crippen LogP contribution in [-0.4, -0.2) is 18.2 Å². The summed E-state index contributed by atoms with van der Waals surface area (Å²) in [5.74, 6) is 0. The van der Waals surface area contributed by atoms with Gasteiger partial charge in [-0.15, -0.1) is 0 Å². The van der Waals surface area contributed by atoms with Gasteiger partial charge in [0.2, 0.25) is 0 Å². The molecule has 7 heteroatoms. The largest absolute Gasteiger partial charge is 0.276 e. The molecule has 2 aromatic rings. The standard InChI is InChI=1S/C15H18ClN3O2S/c1-10-8-12(16)6-7-15(10)22(20,21)18-14-9-19(17-11(14)2)13-4-3-5-13/h6-9,13,18H,3-5H2,1-2H3. The van der Waals surface area contributed by atoms with E-state index in [-0.39, 0.29) is 4.90 Å². The monoisotopic (exact) mass is 339 g/mol. The Labute approximate surface area is 135 Å². The average molecular weight is 340 g/mol. The van der Waals surface area contributed by atoms with Crippen LogP contribution in [0.15, 0.2) is 29.3 Å². The molecule has 0 atom stereocenters. The molecule has 118 valence electrons. The van der Waals surface area contributed by atoms with Crippen molar-refractivity contribution in [3.05, 3.63) is 40.7 Å². The van der Waals surface area contributed by atoms with Gasteiger partial charge >= 0.3 is 0 Å². The van der Waals surface area contributed by atoms with E-state index >= 15 is 0 Å². The van der Waals surface area contributed by atoms with Gasteiger partial charge in [0, 0.05) is 11.2 Å². The molecule has 1 aromatic carbocycles. The van der Waals surface area contributed by atoms with Gasteiger partial charge in [0.1, 0.15) is 0 Å². The van der Waals surface area contributed by atoms with E-state index in [1.807, 2.05) is 11.6 Å². The third-order valence-electron chi connectivity index (χ3n) is 4.04. The number of rotatable bonds is 4. The molecule has 5 nitrogen and oxygen atoms in total. The quantitative estimate of drug-likeness (QED) is 0.924. The second-order valence-electron chi connectivity index (χ2n) is 5.71. The molecule has 1 heterocycles. The van der Waals surface area contributed by atoms with Crippen LogP contribution in [-0.2, 0) is 10.0 Å². The fraction of sp³-hybridized carbons (Fsp3) is 0.400. The highest BCUT2D eigenvalue weighted by atomic mass is 35.5. The van der Waals surface area contributed by atoms with Crippen LogP contribution in [0.4, 0.5) is 5.69 Å². The molecule has 1 N–H and O–H groups in total. The van der Waals surface area contributed by atoms with Crippen LogP contribution in [0.5, 0.6) is 0 Å². The van der Waals surface area contributed by atoms with Crippen molar-refractivity contribution >= 4 is 27.3 Å². The van der Waals surface area contributed by atoms with Crippen LogP contribution in [0.2, 0.25) is 5.02 Å². The molecule has 0 aliphatic heterocycles. The van der Waals surface area contributed by atoms with Crippen molar-refractivity contribution in [3.63, 3.8) is 0 Å². The van der Waals surface area contributed by atoms with Gasteiger partial charge in [0.05, 0.1) is 22.3 Å². The highest BCUT2D eigenvalue weighted by Crippen LogP contribution is 2.32. The number of hydrogen-bond donors (Lipinski definition) is 1. The van der Waals surface area contributed by atoms with Gasteiger partial charge in [-0.3, -0.25) is 9.40 Å². The second-order valence-corrected chi connectivity index (χ2v) is 7.80. The Kier molecular flexibility index (Phi) is 3.91. The van der Waals surface area contributed by atoms with Crippen molar-refractivity contribution in [2.75, 3.05) is 4.72 Å². The normalized spacial score (nSPS) is 15.6. The molecular weight excluding hydrogens is 322 g/mol. The molecule has 1 aliphatic rings. The van der Waals surface area contributed by atoms with Crippen LogP contribution < -0.4 is 4.72 Å². The summed E-state index contributed by atoms with van der Waals surface area (Å²) in [5, 5.41) is 4.93. The molecule has 1 aliphatic carbocycles. The Bertz CT molecular complexity index is 810. The summed E-state index contributed by atoms with van der Waals surface area (Å²) in [6.07, 6.45) is 5.18. The summed E-state index contributed by atoms with van der Waals surface area (Å²) in [5.41, 5.74) is 1.83. The molecule has 22 heavy (non-hydrogen) atoms. The number of halogens is 1. The Balaban J connectivity index is 1.89. The molecule has 1 saturated carbocycles. The summed E-state index contributed by atoms with van der Waals surface area (Å²) in [6.45, 7) is 3.53. The molecule has 0 unspecified atom stereocenters. The van der Waals surface area contributed by atoms with Gasteiger partial charge in [-0.1, -0.05) is 11.6 Å². The number of nitrogens with one attached hydrogen (secondary N) is 1.